The van der Waals surface area contributed by atoms with E-state index in [1.54, 1.807) is 0 Å². The first-order valence-corrected chi connectivity index (χ1v) is 5.72. The Morgan fingerprint density at radius 3 is 1.75 bits per heavy atom. The van der Waals surface area contributed by atoms with Crippen LogP contribution in [0.4, 0.5) is 0 Å². The van der Waals surface area contributed by atoms with E-state index >= 15 is 0 Å². The van der Waals surface area contributed by atoms with Crippen molar-refractivity contribution in [3.8, 4) is 0 Å². The number of thiocarbonyl (C=S) groups is 1. The Kier molecular flexibility index (Phi) is 5.22. The topological polar surface area (TPSA) is 9.72 Å². The Bertz CT molecular complexity index is 266. The van der Waals surface area contributed by atoms with Crippen LogP contribution in [0.2, 0.25) is 0 Å². The van der Waals surface area contributed by atoms with Gasteiger partial charge in [0.05, 0.1) is 13.3 Å². The SMILES string of the molecule is C=CCN1CN(CC=C)C(=S)N(CC=C)C1. The zero-order valence-electron chi connectivity index (χ0n) is 9.64. The summed E-state index contributed by atoms with van der Waals surface area (Å²) < 4.78 is 0. The number of hydrogen-bond donors (Lipinski definition) is 0. The average molecular weight is 237 g/mol. The smallest absolute Gasteiger partial charge is 0.174 e. The molecule has 16 heavy (non-hydrogen) atoms. The molecule has 0 spiro atoms. The molecule has 0 radical (unpaired) electrons. The van der Waals surface area contributed by atoms with Crippen molar-refractivity contribution in [3.05, 3.63) is 38.0 Å². The van der Waals surface area contributed by atoms with Crippen molar-refractivity contribution in [2.45, 2.75) is 0 Å². The summed E-state index contributed by atoms with van der Waals surface area (Å²) in [7, 11) is 0. The average Bonchev–Trinajstić information content (AvgIpc) is 2.26. The van der Waals surface area contributed by atoms with Crippen LogP contribution in [0.3, 0.4) is 0 Å². The van der Waals surface area contributed by atoms with Gasteiger partial charge in [0.25, 0.3) is 0 Å². The van der Waals surface area contributed by atoms with Crippen LogP contribution in [0.25, 0.3) is 0 Å². The molecule has 4 heteroatoms. The molecule has 0 aliphatic carbocycles. The van der Waals surface area contributed by atoms with Crippen molar-refractivity contribution in [1.82, 2.24) is 14.7 Å². The van der Waals surface area contributed by atoms with Crippen molar-refractivity contribution in [1.29, 1.82) is 0 Å². The highest BCUT2D eigenvalue weighted by molar-refractivity contribution is 7.80. The fraction of sp³-hybridized carbons (Fsp3) is 0.417. The predicted molar refractivity (Wildman–Crippen MR) is 73.0 cm³/mol. The maximum Gasteiger partial charge on any atom is 0.174 e. The Balaban J connectivity index is 2.70. The molecule has 0 aromatic rings. The highest BCUT2D eigenvalue weighted by Gasteiger charge is 2.24. The first kappa shape index (κ1) is 12.9. The van der Waals surface area contributed by atoms with Gasteiger partial charge in [0, 0.05) is 19.6 Å². The fourth-order valence-corrected chi connectivity index (χ4v) is 1.99. The van der Waals surface area contributed by atoms with Crippen LogP contribution in [0.15, 0.2) is 38.0 Å². The molecule has 0 amide bonds. The molecular formula is C12H19N3S. The van der Waals surface area contributed by atoms with Crippen LogP contribution in [0, 0.1) is 0 Å². The Labute approximate surface area is 103 Å². The molecule has 0 N–H and O–H groups in total. The maximum absolute atomic E-state index is 5.42. The molecule has 1 saturated heterocycles. The van der Waals surface area contributed by atoms with E-state index in [0.717, 1.165) is 38.1 Å². The van der Waals surface area contributed by atoms with Gasteiger partial charge in [0.2, 0.25) is 0 Å². The predicted octanol–water partition coefficient (Wildman–Crippen LogP) is 1.66. The molecule has 0 atom stereocenters. The van der Waals surface area contributed by atoms with Gasteiger partial charge >= 0.3 is 0 Å². The normalized spacial score (nSPS) is 17.4. The maximum atomic E-state index is 5.42. The van der Waals surface area contributed by atoms with Gasteiger partial charge < -0.3 is 9.80 Å². The lowest BCUT2D eigenvalue weighted by atomic mass is 10.4. The lowest BCUT2D eigenvalue weighted by Crippen LogP contribution is -2.57. The van der Waals surface area contributed by atoms with Crippen molar-refractivity contribution in [3.63, 3.8) is 0 Å². The van der Waals surface area contributed by atoms with Gasteiger partial charge in [-0.25, -0.2) is 0 Å². The highest BCUT2D eigenvalue weighted by Crippen LogP contribution is 2.10. The van der Waals surface area contributed by atoms with Gasteiger partial charge in [-0.1, -0.05) is 18.2 Å². The zero-order chi connectivity index (χ0) is 12.0. The molecule has 0 aromatic carbocycles. The number of rotatable bonds is 6. The van der Waals surface area contributed by atoms with Gasteiger partial charge in [0.15, 0.2) is 5.11 Å². The number of nitrogens with zero attached hydrogens (tertiary/aromatic N) is 3. The second-order valence-electron chi connectivity index (χ2n) is 3.73. The second-order valence-corrected chi connectivity index (χ2v) is 4.09. The summed E-state index contributed by atoms with van der Waals surface area (Å²) in [4.78, 5) is 6.52. The first-order valence-electron chi connectivity index (χ1n) is 5.31. The van der Waals surface area contributed by atoms with Gasteiger partial charge in [-0.15, -0.1) is 19.7 Å². The molecule has 1 heterocycles. The van der Waals surface area contributed by atoms with Crippen LogP contribution in [-0.2, 0) is 0 Å². The van der Waals surface area contributed by atoms with E-state index < -0.39 is 0 Å². The van der Waals surface area contributed by atoms with Crippen molar-refractivity contribution >= 4 is 17.3 Å². The van der Waals surface area contributed by atoms with Gasteiger partial charge in [-0.05, 0) is 12.2 Å². The van der Waals surface area contributed by atoms with Crippen LogP contribution < -0.4 is 0 Å². The molecule has 1 aliphatic rings. The quantitative estimate of drug-likeness (QED) is 0.513. The molecule has 0 aromatic heterocycles. The Morgan fingerprint density at radius 2 is 1.38 bits per heavy atom. The van der Waals surface area contributed by atoms with Crippen LogP contribution in [0.1, 0.15) is 0 Å². The third-order valence-electron chi connectivity index (χ3n) is 2.37. The molecular weight excluding hydrogens is 218 g/mol. The van der Waals surface area contributed by atoms with E-state index in [1.165, 1.54) is 0 Å². The Morgan fingerprint density at radius 1 is 0.938 bits per heavy atom. The summed E-state index contributed by atoms with van der Waals surface area (Å²) in [5.41, 5.74) is 0. The summed E-state index contributed by atoms with van der Waals surface area (Å²) in [5.74, 6) is 0. The van der Waals surface area contributed by atoms with Crippen LogP contribution >= 0.6 is 12.2 Å². The van der Waals surface area contributed by atoms with Gasteiger partial charge in [-0.2, -0.15) is 0 Å². The van der Waals surface area contributed by atoms with E-state index in [4.69, 9.17) is 12.2 Å². The standard InChI is InChI=1S/C12H19N3S/c1-4-7-13-10-14(8-5-2)12(16)15(11-13)9-6-3/h4-6H,1-3,7-11H2. The van der Waals surface area contributed by atoms with Crippen molar-refractivity contribution in [2.75, 3.05) is 33.0 Å². The van der Waals surface area contributed by atoms with E-state index in [0.29, 0.717) is 0 Å². The van der Waals surface area contributed by atoms with Crippen molar-refractivity contribution < 1.29 is 0 Å². The Hall–Kier alpha value is -1.13. The minimum atomic E-state index is 0.778. The van der Waals surface area contributed by atoms with Gasteiger partial charge in [-0.3, -0.25) is 4.90 Å². The molecule has 88 valence electrons. The minimum absolute atomic E-state index is 0.778. The van der Waals surface area contributed by atoms with E-state index in [9.17, 15) is 0 Å². The fourth-order valence-electron chi connectivity index (χ4n) is 1.73. The minimum Gasteiger partial charge on any atom is -0.332 e. The third kappa shape index (κ3) is 3.18. The summed E-state index contributed by atoms with van der Waals surface area (Å²) in [6.07, 6.45) is 5.65. The van der Waals surface area contributed by atoms with E-state index in [2.05, 4.69) is 34.4 Å². The molecule has 0 saturated carbocycles. The summed E-state index contributed by atoms with van der Waals surface area (Å²) in [5, 5.41) is 0.875. The zero-order valence-corrected chi connectivity index (χ0v) is 10.5. The molecule has 1 aliphatic heterocycles. The monoisotopic (exact) mass is 237 g/mol. The van der Waals surface area contributed by atoms with Crippen LogP contribution in [0.5, 0.6) is 0 Å². The molecule has 0 bridgehead atoms. The molecule has 0 unspecified atom stereocenters. The lowest BCUT2D eigenvalue weighted by molar-refractivity contribution is 0.106. The summed E-state index contributed by atoms with van der Waals surface area (Å²) in [6, 6.07) is 0. The third-order valence-corrected chi connectivity index (χ3v) is 2.89. The van der Waals surface area contributed by atoms with Crippen LogP contribution in [-0.4, -0.2) is 52.8 Å². The molecule has 3 nitrogen and oxygen atoms in total. The van der Waals surface area contributed by atoms with E-state index in [-0.39, 0.29) is 0 Å². The summed E-state index contributed by atoms with van der Waals surface area (Å²) in [6.45, 7) is 15.4. The highest BCUT2D eigenvalue weighted by atomic mass is 32.1. The van der Waals surface area contributed by atoms with Gasteiger partial charge in [0.1, 0.15) is 0 Å². The largest absolute Gasteiger partial charge is 0.332 e. The number of hydrogen-bond acceptors (Lipinski definition) is 2. The second kappa shape index (κ2) is 6.45. The molecule has 1 fully saturated rings. The lowest BCUT2D eigenvalue weighted by Gasteiger charge is -2.43. The van der Waals surface area contributed by atoms with E-state index in [1.807, 2.05) is 18.2 Å². The van der Waals surface area contributed by atoms with Crippen molar-refractivity contribution in [2.24, 2.45) is 0 Å². The molecule has 1 rings (SSSR count). The first-order chi connectivity index (χ1) is 7.72. The summed E-state index contributed by atoms with van der Waals surface area (Å²) >= 11 is 5.42.